The Labute approximate surface area is 159 Å². The number of pyridine rings is 1. The number of nitrogens with one attached hydrogen (secondary N) is 1. The summed E-state index contributed by atoms with van der Waals surface area (Å²) in [5.41, 5.74) is 4.35. The van der Waals surface area contributed by atoms with Gasteiger partial charge in [0, 0.05) is 31.2 Å². The Kier molecular flexibility index (Phi) is 4.52. The molecule has 1 saturated carbocycles. The Morgan fingerprint density at radius 1 is 1.11 bits per heavy atom. The normalized spacial score (nSPS) is 14.7. The topological polar surface area (TPSA) is 59.8 Å². The number of aryl methyl sites for hydroxylation is 4. The number of hydrogen-bond donors (Lipinski definition) is 1. The van der Waals surface area contributed by atoms with Gasteiger partial charge in [-0.3, -0.25) is 14.5 Å². The molecule has 1 N–H and O–H groups in total. The number of benzene rings is 1. The fourth-order valence-corrected chi connectivity index (χ4v) is 3.60. The predicted octanol–water partition coefficient (Wildman–Crippen LogP) is 3.81. The van der Waals surface area contributed by atoms with Crippen molar-refractivity contribution in [2.75, 3.05) is 5.32 Å². The van der Waals surface area contributed by atoms with Crippen molar-refractivity contribution in [1.29, 1.82) is 0 Å². The van der Waals surface area contributed by atoms with Crippen LogP contribution in [-0.4, -0.2) is 20.7 Å². The molecule has 3 aromatic rings. The van der Waals surface area contributed by atoms with E-state index in [1.54, 1.807) is 12.4 Å². The summed E-state index contributed by atoms with van der Waals surface area (Å²) in [4.78, 5) is 17.0. The molecule has 1 aliphatic carbocycles. The van der Waals surface area contributed by atoms with Gasteiger partial charge in [0.25, 0.3) is 0 Å². The van der Waals surface area contributed by atoms with E-state index in [1.807, 2.05) is 29.1 Å². The van der Waals surface area contributed by atoms with Crippen molar-refractivity contribution >= 4 is 11.7 Å². The zero-order chi connectivity index (χ0) is 18.9. The van der Waals surface area contributed by atoms with E-state index >= 15 is 0 Å². The molecule has 0 spiro atoms. The average molecular weight is 360 g/mol. The Morgan fingerprint density at radius 3 is 2.48 bits per heavy atom. The smallest absolute Gasteiger partial charge is 0.236 e. The van der Waals surface area contributed by atoms with Crippen LogP contribution in [0.5, 0.6) is 0 Å². The standard InChI is InChI=1S/C22H24N4O/c1-16-13-17(2)15-19(14-16)22(7-8-22)21(27)24-20-6-12-26(25-20)11-5-18-3-9-23-10-4-18/h3-4,6,9-10,12-15H,5,7-8,11H2,1-2H3,(H,24,25,27). The molecule has 0 radical (unpaired) electrons. The van der Waals surface area contributed by atoms with E-state index in [4.69, 9.17) is 0 Å². The summed E-state index contributed by atoms with van der Waals surface area (Å²) in [6.45, 7) is 4.92. The third-order valence-electron chi connectivity index (χ3n) is 5.22. The second kappa shape index (κ2) is 6.99. The highest BCUT2D eigenvalue weighted by Gasteiger charge is 2.51. The number of carbonyl (C=O) groups excluding carboxylic acids is 1. The fraction of sp³-hybridized carbons (Fsp3) is 0.318. The zero-order valence-electron chi connectivity index (χ0n) is 15.8. The minimum Gasteiger partial charge on any atom is -0.308 e. The highest BCUT2D eigenvalue weighted by atomic mass is 16.2. The fourth-order valence-electron chi connectivity index (χ4n) is 3.60. The summed E-state index contributed by atoms with van der Waals surface area (Å²) in [6, 6.07) is 12.3. The molecule has 5 nitrogen and oxygen atoms in total. The van der Waals surface area contributed by atoms with Gasteiger partial charge in [0.1, 0.15) is 0 Å². The highest BCUT2D eigenvalue weighted by Crippen LogP contribution is 2.49. The van der Waals surface area contributed by atoms with Gasteiger partial charge in [0.2, 0.25) is 5.91 Å². The van der Waals surface area contributed by atoms with E-state index in [9.17, 15) is 4.79 Å². The summed E-state index contributed by atoms with van der Waals surface area (Å²) in [5.74, 6) is 0.664. The highest BCUT2D eigenvalue weighted by molar-refractivity contribution is 6.00. The molecule has 0 aliphatic heterocycles. The van der Waals surface area contributed by atoms with Crippen LogP contribution in [0.1, 0.15) is 35.1 Å². The zero-order valence-corrected chi connectivity index (χ0v) is 15.8. The van der Waals surface area contributed by atoms with Crippen molar-refractivity contribution in [2.24, 2.45) is 0 Å². The molecule has 1 aromatic carbocycles. The van der Waals surface area contributed by atoms with Gasteiger partial charge in [-0.25, -0.2) is 0 Å². The largest absolute Gasteiger partial charge is 0.308 e. The number of anilines is 1. The van der Waals surface area contributed by atoms with Gasteiger partial charge in [-0.1, -0.05) is 29.3 Å². The van der Waals surface area contributed by atoms with Gasteiger partial charge in [-0.15, -0.1) is 0 Å². The predicted molar refractivity (Wildman–Crippen MR) is 106 cm³/mol. The van der Waals surface area contributed by atoms with E-state index in [2.05, 4.69) is 47.4 Å². The van der Waals surface area contributed by atoms with Gasteiger partial charge in [0.15, 0.2) is 5.82 Å². The minimum atomic E-state index is -0.391. The van der Waals surface area contributed by atoms with Gasteiger partial charge in [-0.05, 0) is 56.4 Å². The number of aromatic nitrogens is 3. The lowest BCUT2D eigenvalue weighted by Crippen LogP contribution is -2.28. The average Bonchev–Trinajstić information content (AvgIpc) is 3.35. The van der Waals surface area contributed by atoms with Crippen molar-refractivity contribution < 1.29 is 4.79 Å². The minimum absolute atomic E-state index is 0.0480. The molecule has 1 fully saturated rings. The second-order valence-corrected chi connectivity index (χ2v) is 7.48. The van der Waals surface area contributed by atoms with Crippen molar-refractivity contribution in [1.82, 2.24) is 14.8 Å². The SMILES string of the molecule is Cc1cc(C)cc(C2(C(=O)Nc3ccn(CCc4ccncc4)n3)CC2)c1. The van der Waals surface area contributed by atoms with E-state index in [1.165, 1.54) is 16.7 Å². The number of rotatable bonds is 6. The van der Waals surface area contributed by atoms with Crippen molar-refractivity contribution in [2.45, 2.75) is 45.1 Å². The molecule has 5 heteroatoms. The molecule has 0 saturated heterocycles. The maximum Gasteiger partial charge on any atom is 0.236 e. The molecule has 138 valence electrons. The molecule has 0 unspecified atom stereocenters. The maximum absolute atomic E-state index is 12.9. The molecule has 27 heavy (non-hydrogen) atoms. The molecule has 0 atom stereocenters. The van der Waals surface area contributed by atoms with E-state index in [0.717, 1.165) is 31.4 Å². The van der Waals surface area contributed by atoms with E-state index in [-0.39, 0.29) is 5.91 Å². The van der Waals surface area contributed by atoms with Gasteiger partial charge < -0.3 is 5.32 Å². The maximum atomic E-state index is 12.9. The summed E-state index contributed by atoms with van der Waals surface area (Å²) >= 11 is 0. The van der Waals surface area contributed by atoms with Crippen LogP contribution < -0.4 is 5.32 Å². The number of carbonyl (C=O) groups is 1. The molecule has 2 heterocycles. The molecule has 1 aliphatic rings. The molecule has 4 rings (SSSR count). The first-order valence-electron chi connectivity index (χ1n) is 9.38. The lowest BCUT2D eigenvalue weighted by molar-refractivity contribution is -0.118. The monoisotopic (exact) mass is 360 g/mol. The third kappa shape index (κ3) is 3.77. The lowest BCUT2D eigenvalue weighted by Gasteiger charge is -2.16. The number of nitrogens with zero attached hydrogens (tertiary/aromatic N) is 3. The molecule has 1 amide bonds. The Hall–Kier alpha value is -2.95. The van der Waals surface area contributed by atoms with E-state index in [0.29, 0.717) is 5.82 Å². The Bertz CT molecular complexity index is 937. The lowest BCUT2D eigenvalue weighted by atomic mass is 9.92. The molecule has 2 aromatic heterocycles. The summed E-state index contributed by atoms with van der Waals surface area (Å²) in [7, 11) is 0. The molecular formula is C22H24N4O. The van der Waals surface area contributed by atoms with Gasteiger partial charge in [-0.2, -0.15) is 5.10 Å². The van der Waals surface area contributed by atoms with Crippen molar-refractivity contribution in [3.63, 3.8) is 0 Å². The van der Waals surface area contributed by atoms with Crippen LogP contribution in [0.3, 0.4) is 0 Å². The molecule has 0 bridgehead atoms. The first kappa shape index (κ1) is 17.5. The third-order valence-corrected chi connectivity index (χ3v) is 5.22. The first-order valence-corrected chi connectivity index (χ1v) is 9.38. The molecular weight excluding hydrogens is 336 g/mol. The van der Waals surface area contributed by atoms with Crippen LogP contribution >= 0.6 is 0 Å². The van der Waals surface area contributed by atoms with Crippen LogP contribution in [0.25, 0.3) is 0 Å². The summed E-state index contributed by atoms with van der Waals surface area (Å²) in [6.07, 6.45) is 8.17. The van der Waals surface area contributed by atoms with Crippen molar-refractivity contribution in [3.05, 3.63) is 77.2 Å². The Balaban J connectivity index is 1.42. The van der Waals surface area contributed by atoms with Crippen LogP contribution in [0.2, 0.25) is 0 Å². The van der Waals surface area contributed by atoms with Crippen molar-refractivity contribution in [3.8, 4) is 0 Å². The quantitative estimate of drug-likeness (QED) is 0.727. The van der Waals surface area contributed by atoms with Crippen LogP contribution in [-0.2, 0) is 23.2 Å². The van der Waals surface area contributed by atoms with E-state index < -0.39 is 5.41 Å². The summed E-state index contributed by atoms with van der Waals surface area (Å²) < 4.78 is 1.87. The summed E-state index contributed by atoms with van der Waals surface area (Å²) in [5, 5.41) is 7.52. The van der Waals surface area contributed by atoms with Crippen LogP contribution in [0, 0.1) is 13.8 Å². The van der Waals surface area contributed by atoms with Crippen LogP contribution in [0.4, 0.5) is 5.82 Å². The van der Waals surface area contributed by atoms with Gasteiger partial charge in [0.05, 0.1) is 5.41 Å². The first-order chi connectivity index (χ1) is 13.0. The Morgan fingerprint density at radius 2 is 1.81 bits per heavy atom. The van der Waals surface area contributed by atoms with Gasteiger partial charge >= 0.3 is 0 Å². The number of amides is 1. The second-order valence-electron chi connectivity index (χ2n) is 7.48. The van der Waals surface area contributed by atoms with Crippen LogP contribution in [0.15, 0.2) is 55.0 Å². The number of hydrogen-bond acceptors (Lipinski definition) is 3.